The minimum Gasteiger partial charge on any atom is -0.444 e. The number of hydrogen-bond donors (Lipinski definition) is 0. The van der Waals surface area contributed by atoms with Crippen LogP contribution in [0.2, 0.25) is 0 Å². The van der Waals surface area contributed by atoms with E-state index in [9.17, 15) is 9.59 Å². The Morgan fingerprint density at radius 1 is 1.05 bits per heavy atom. The van der Waals surface area contributed by atoms with Crippen LogP contribution in [0.5, 0.6) is 0 Å². The number of likely N-dealkylation sites (tertiary alicyclic amines) is 1. The summed E-state index contributed by atoms with van der Waals surface area (Å²) in [5.41, 5.74) is 5.09. The van der Waals surface area contributed by atoms with E-state index in [1.807, 2.05) is 69.1 Å². The van der Waals surface area contributed by atoms with Gasteiger partial charge in [0.1, 0.15) is 5.60 Å². The van der Waals surface area contributed by atoms with E-state index < -0.39 is 5.60 Å². The van der Waals surface area contributed by atoms with Gasteiger partial charge in [0.25, 0.3) is 5.91 Å². The number of aryl methyl sites for hydroxylation is 1. The second-order valence-corrected chi connectivity index (χ2v) is 12.9. The number of rotatable bonds is 5. The molecule has 218 valence electrons. The van der Waals surface area contributed by atoms with Crippen molar-refractivity contribution in [2.75, 3.05) is 32.7 Å². The fourth-order valence-electron chi connectivity index (χ4n) is 5.62. The second-order valence-electron chi connectivity index (χ2n) is 12.0. The molecule has 2 fully saturated rings. The highest BCUT2D eigenvalue weighted by Gasteiger charge is 2.33. The number of carbonyl (C=O) groups excluding carboxylic acids is 2. The lowest BCUT2D eigenvalue weighted by Crippen LogP contribution is -2.49. The van der Waals surface area contributed by atoms with Gasteiger partial charge in [-0.15, -0.1) is 5.10 Å². The fraction of sp³-hybridized carbons (Fsp3) is 0.484. The minimum absolute atomic E-state index is 0.0113. The summed E-state index contributed by atoms with van der Waals surface area (Å²) in [4.78, 5) is 32.5. The van der Waals surface area contributed by atoms with Crippen LogP contribution in [0.4, 0.5) is 4.79 Å². The van der Waals surface area contributed by atoms with E-state index in [1.165, 1.54) is 11.1 Å². The highest BCUT2D eigenvalue weighted by atomic mass is 79.9. The average molecular weight is 624 g/mol. The van der Waals surface area contributed by atoms with Gasteiger partial charge in [0.05, 0.1) is 29.2 Å². The predicted molar refractivity (Wildman–Crippen MR) is 161 cm³/mol. The number of nitrogens with zero attached hydrogens (tertiary/aromatic N) is 6. The van der Waals surface area contributed by atoms with Gasteiger partial charge < -0.3 is 14.5 Å². The summed E-state index contributed by atoms with van der Waals surface area (Å²) in [5.74, 6) is 0.0113. The van der Waals surface area contributed by atoms with Crippen LogP contribution in [0.3, 0.4) is 0 Å². The van der Waals surface area contributed by atoms with Crippen molar-refractivity contribution in [2.45, 2.75) is 65.6 Å². The molecule has 0 radical (unpaired) electrons. The Kier molecular flexibility index (Phi) is 8.52. The van der Waals surface area contributed by atoms with E-state index in [4.69, 9.17) is 4.74 Å². The van der Waals surface area contributed by atoms with Gasteiger partial charge in [-0.1, -0.05) is 39.3 Å². The molecular weight excluding hydrogens is 584 g/mol. The van der Waals surface area contributed by atoms with E-state index >= 15 is 0 Å². The van der Waals surface area contributed by atoms with E-state index in [1.54, 1.807) is 9.58 Å². The number of hydrogen-bond acceptors (Lipinski definition) is 6. The van der Waals surface area contributed by atoms with Crippen LogP contribution < -0.4 is 0 Å². The summed E-state index contributed by atoms with van der Waals surface area (Å²) >= 11 is 3.65. The second kappa shape index (κ2) is 11.9. The van der Waals surface area contributed by atoms with Crippen LogP contribution in [0.1, 0.15) is 72.4 Å². The Labute approximate surface area is 250 Å². The Morgan fingerprint density at radius 2 is 1.80 bits per heavy atom. The molecule has 2 amide bonds. The van der Waals surface area contributed by atoms with Crippen LogP contribution >= 0.6 is 15.9 Å². The fourth-order valence-corrected chi connectivity index (χ4v) is 6.00. The highest BCUT2D eigenvalue weighted by Crippen LogP contribution is 2.37. The number of ether oxygens (including phenoxy) is 1. The van der Waals surface area contributed by atoms with Gasteiger partial charge in [0, 0.05) is 43.7 Å². The first kappa shape index (κ1) is 29.3. The van der Waals surface area contributed by atoms with Crippen LogP contribution in [-0.4, -0.2) is 80.0 Å². The van der Waals surface area contributed by atoms with Crippen molar-refractivity contribution < 1.29 is 14.3 Å². The molecule has 9 nitrogen and oxygen atoms in total. The molecule has 1 atom stereocenters. The van der Waals surface area contributed by atoms with Crippen molar-refractivity contribution in [1.29, 1.82) is 0 Å². The topological polar surface area (TPSA) is 83.8 Å². The normalized spacial score (nSPS) is 18.1. The molecule has 10 heteroatoms. The van der Waals surface area contributed by atoms with Crippen molar-refractivity contribution in [3.05, 3.63) is 75.0 Å². The number of piperazine rings is 1. The van der Waals surface area contributed by atoms with Gasteiger partial charge in [-0.25, -0.2) is 9.48 Å². The Bertz CT molecular complexity index is 1420. The standard InChI is InChI=1S/C31H39BrN6O3/c1-21-11-12-25(29(39)37-13-7-10-27(37)24-8-6-9-26(32)22(24)2)28(18-21)38-20-23(33-34-38)19-35-14-16-36(17-15-35)30(40)41-31(3,4)5/h6,8-9,11-12,18,20,27H,7,10,13-17,19H2,1-5H3. The summed E-state index contributed by atoms with van der Waals surface area (Å²) in [5, 5.41) is 8.86. The lowest BCUT2D eigenvalue weighted by molar-refractivity contribution is 0.0138. The summed E-state index contributed by atoms with van der Waals surface area (Å²) in [6, 6.07) is 12.1. The lowest BCUT2D eigenvalue weighted by atomic mass is 9.98. The minimum atomic E-state index is -0.504. The molecule has 2 aliphatic rings. The molecule has 41 heavy (non-hydrogen) atoms. The maximum absolute atomic E-state index is 14.0. The van der Waals surface area contributed by atoms with Gasteiger partial charge in [-0.2, -0.15) is 0 Å². The third-order valence-electron chi connectivity index (χ3n) is 7.76. The molecule has 1 unspecified atom stereocenters. The predicted octanol–water partition coefficient (Wildman–Crippen LogP) is 5.68. The number of benzene rings is 2. The molecule has 2 aliphatic heterocycles. The van der Waals surface area contributed by atoms with Crippen LogP contribution in [0.25, 0.3) is 5.69 Å². The summed E-state index contributed by atoms with van der Waals surface area (Å²) in [6.07, 6.45) is 3.55. The number of halogens is 1. The van der Waals surface area contributed by atoms with Crippen LogP contribution in [0, 0.1) is 13.8 Å². The summed E-state index contributed by atoms with van der Waals surface area (Å²) < 4.78 is 8.30. The van der Waals surface area contributed by atoms with Gasteiger partial charge in [0.15, 0.2) is 0 Å². The number of aromatic nitrogens is 3. The van der Waals surface area contributed by atoms with Gasteiger partial charge >= 0.3 is 6.09 Å². The summed E-state index contributed by atoms with van der Waals surface area (Å²) in [7, 11) is 0. The van der Waals surface area contributed by atoms with Crippen molar-refractivity contribution >= 4 is 27.9 Å². The van der Waals surface area contributed by atoms with Crippen molar-refractivity contribution in [2.24, 2.45) is 0 Å². The maximum atomic E-state index is 14.0. The third-order valence-corrected chi connectivity index (χ3v) is 8.62. The first-order chi connectivity index (χ1) is 19.5. The van der Waals surface area contributed by atoms with E-state index in [-0.39, 0.29) is 18.0 Å². The summed E-state index contributed by atoms with van der Waals surface area (Å²) in [6.45, 7) is 13.8. The molecule has 1 aromatic heterocycles. The van der Waals surface area contributed by atoms with Crippen molar-refractivity contribution in [3.8, 4) is 5.69 Å². The number of amides is 2. The Hall–Kier alpha value is -3.24. The van der Waals surface area contributed by atoms with Crippen LogP contribution in [0.15, 0.2) is 47.1 Å². The zero-order valence-corrected chi connectivity index (χ0v) is 26.1. The van der Waals surface area contributed by atoms with Crippen LogP contribution in [-0.2, 0) is 11.3 Å². The number of carbonyl (C=O) groups is 2. The van der Waals surface area contributed by atoms with Gasteiger partial charge in [-0.05, 0) is 82.3 Å². The molecule has 0 aliphatic carbocycles. The molecule has 3 aromatic rings. The molecule has 3 heterocycles. The molecule has 0 spiro atoms. The third kappa shape index (κ3) is 6.64. The van der Waals surface area contributed by atoms with E-state index in [0.29, 0.717) is 25.2 Å². The van der Waals surface area contributed by atoms with Crippen molar-refractivity contribution in [1.82, 2.24) is 29.7 Å². The maximum Gasteiger partial charge on any atom is 0.410 e. The molecule has 0 bridgehead atoms. The SMILES string of the molecule is Cc1ccc(C(=O)N2CCCC2c2cccc(Br)c2C)c(-n2cc(CN3CCN(C(=O)OC(C)(C)C)CC3)nn2)c1. The lowest BCUT2D eigenvalue weighted by Gasteiger charge is -2.35. The first-order valence-corrected chi connectivity index (χ1v) is 15.1. The zero-order chi connectivity index (χ0) is 29.3. The first-order valence-electron chi connectivity index (χ1n) is 14.3. The molecular formula is C31H39BrN6O3. The zero-order valence-electron chi connectivity index (χ0n) is 24.6. The molecule has 5 rings (SSSR count). The smallest absolute Gasteiger partial charge is 0.410 e. The molecule has 0 saturated carbocycles. The molecule has 2 saturated heterocycles. The quantitative estimate of drug-likeness (QED) is 0.364. The highest BCUT2D eigenvalue weighted by molar-refractivity contribution is 9.10. The Morgan fingerprint density at radius 3 is 2.54 bits per heavy atom. The van der Waals surface area contributed by atoms with Gasteiger partial charge in [0.2, 0.25) is 0 Å². The monoisotopic (exact) mass is 622 g/mol. The molecule has 2 aromatic carbocycles. The largest absolute Gasteiger partial charge is 0.444 e. The average Bonchev–Trinajstić information content (AvgIpc) is 3.59. The van der Waals surface area contributed by atoms with E-state index in [2.05, 4.69) is 44.1 Å². The molecule has 0 N–H and O–H groups in total. The van der Waals surface area contributed by atoms with Crippen molar-refractivity contribution in [3.63, 3.8) is 0 Å². The van der Waals surface area contributed by atoms with E-state index in [0.717, 1.165) is 53.9 Å². The Balaban J connectivity index is 1.30. The van der Waals surface area contributed by atoms with Gasteiger partial charge in [-0.3, -0.25) is 9.69 Å².